The minimum absolute atomic E-state index is 0.0174. The molecule has 0 aliphatic carbocycles. The Bertz CT molecular complexity index is 671. The van der Waals surface area contributed by atoms with Crippen molar-refractivity contribution < 1.29 is 34.6 Å². The van der Waals surface area contributed by atoms with E-state index in [1.807, 2.05) is 26.0 Å². The third kappa shape index (κ3) is 6.41. The first-order valence-electron chi connectivity index (χ1n) is 8.65. The van der Waals surface area contributed by atoms with E-state index in [0.29, 0.717) is 23.0 Å². The van der Waals surface area contributed by atoms with Crippen LogP contribution in [-0.4, -0.2) is 59.1 Å². The molecule has 0 amide bonds. The third-order valence-electron chi connectivity index (χ3n) is 3.84. The first kappa shape index (κ1) is 21.0. The van der Waals surface area contributed by atoms with Crippen LogP contribution in [0.2, 0.25) is 0 Å². The van der Waals surface area contributed by atoms with E-state index in [1.165, 1.54) is 0 Å². The van der Waals surface area contributed by atoms with Crippen molar-refractivity contribution in [2.45, 2.75) is 26.1 Å². The topological polar surface area (TPSA) is 109 Å². The molecule has 4 N–H and O–H groups in total. The second kappa shape index (κ2) is 10.1. The number of aliphatic hydroxyl groups is 4. The van der Waals surface area contributed by atoms with Crippen LogP contribution in [0.25, 0.3) is 0 Å². The van der Waals surface area contributed by atoms with Crippen molar-refractivity contribution in [3.63, 3.8) is 0 Å². The maximum atomic E-state index is 9.42. The third-order valence-corrected chi connectivity index (χ3v) is 3.84. The summed E-state index contributed by atoms with van der Waals surface area (Å²) < 4.78 is 16.9. The minimum atomic E-state index is -0.944. The highest BCUT2D eigenvalue weighted by Crippen LogP contribution is 2.31. The highest BCUT2D eigenvalue weighted by atomic mass is 16.5. The zero-order valence-corrected chi connectivity index (χ0v) is 15.5. The average Bonchev–Trinajstić information content (AvgIpc) is 2.68. The van der Waals surface area contributed by atoms with Gasteiger partial charge in [-0.05, 0) is 37.1 Å². The molecule has 0 aliphatic rings. The van der Waals surface area contributed by atoms with Crippen LogP contribution in [0.1, 0.15) is 11.1 Å². The summed E-state index contributed by atoms with van der Waals surface area (Å²) in [5.41, 5.74) is 1.75. The largest absolute Gasteiger partial charge is 0.490 e. The number of benzene rings is 2. The van der Waals surface area contributed by atoms with Gasteiger partial charge in [0.1, 0.15) is 48.4 Å². The van der Waals surface area contributed by atoms with E-state index in [9.17, 15) is 10.2 Å². The molecule has 0 fully saturated rings. The molecule has 0 saturated heterocycles. The molecule has 0 heterocycles. The Balaban J connectivity index is 2.09. The highest BCUT2D eigenvalue weighted by Gasteiger charge is 2.10. The lowest BCUT2D eigenvalue weighted by Gasteiger charge is -2.15. The zero-order valence-electron chi connectivity index (χ0n) is 15.5. The van der Waals surface area contributed by atoms with Crippen LogP contribution >= 0.6 is 0 Å². The fourth-order valence-electron chi connectivity index (χ4n) is 2.21. The fraction of sp³-hybridized carbons (Fsp3) is 0.400. The van der Waals surface area contributed by atoms with Gasteiger partial charge < -0.3 is 34.6 Å². The monoisotopic (exact) mass is 378 g/mol. The van der Waals surface area contributed by atoms with Gasteiger partial charge in [-0.3, -0.25) is 0 Å². The quantitative estimate of drug-likeness (QED) is 0.497. The number of ether oxygens (including phenoxy) is 3. The molecule has 2 rings (SSSR count). The van der Waals surface area contributed by atoms with Crippen molar-refractivity contribution in [2.24, 2.45) is 0 Å². The maximum absolute atomic E-state index is 9.42. The second-order valence-electron chi connectivity index (χ2n) is 6.25. The van der Waals surface area contributed by atoms with E-state index in [4.69, 9.17) is 24.4 Å². The Morgan fingerprint density at radius 3 is 1.52 bits per heavy atom. The van der Waals surface area contributed by atoms with Gasteiger partial charge in [0.15, 0.2) is 0 Å². The highest BCUT2D eigenvalue weighted by molar-refractivity contribution is 5.45. The van der Waals surface area contributed by atoms with Gasteiger partial charge in [0.05, 0.1) is 13.2 Å². The van der Waals surface area contributed by atoms with Crippen LogP contribution in [0.3, 0.4) is 0 Å². The van der Waals surface area contributed by atoms with Crippen molar-refractivity contribution in [3.05, 3.63) is 47.5 Å². The van der Waals surface area contributed by atoms with E-state index in [0.717, 1.165) is 11.1 Å². The molecule has 2 aromatic rings. The lowest BCUT2D eigenvalue weighted by Crippen LogP contribution is -2.21. The van der Waals surface area contributed by atoms with Crippen LogP contribution in [0.5, 0.6) is 23.0 Å². The fourth-order valence-corrected chi connectivity index (χ4v) is 2.21. The summed E-state index contributed by atoms with van der Waals surface area (Å²) in [4.78, 5) is 0. The van der Waals surface area contributed by atoms with E-state index < -0.39 is 12.2 Å². The lowest BCUT2D eigenvalue weighted by atomic mass is 10.2. The van der Waals surface area contributed by atoms with Crippen LogP contribution in [0.15, 0.2) is 36.4 Å². The SMILES string of the molecule is Cc1ccc(Oc2ccc(C)c(OCC(O)CO)c2)cc1OCC(O)CO. The first-order valence-corrected chi connectivity index (χ1v) is 8.65. The molecular weight excluding hydrogens is 352 g/mol. The summed E-state index contributed by atoms with van der Waals surface area (Å²) in [7, 11) is 0. The molecule has 0 spiro atoms. The molecule has 27 heavy (non-hydrogen) atoms. The van der Waals surface area contributed by atoms with E-state index in [2.05, 4.69) is 0 Å². The van der Waals surface area contributed by atoms with Crippen LogP contribution in [0, 0.1) is 13.8 Å². The molecule has 0 aromatic heterocycles. The van der Waals surface area contributed by atoms with Gasteiger partial charge in [-0.15, -0.1) is 0 Å². The molecule has 0 bridgehead atoms. The molecule has 0 radical (unpaired) electrons. The van der Waals surface area contributed by atoms with Crippen molar-refractivity contribution in [3.8, 4) is 23.0 Å². The Hall–Kier alpha value is -2.32. The van der Waals surface area contributed by atoms with Gasteiger partial charge in [-0.25, -0.2) is 0 Å². The number of rotatable bonds is 10. The first-order chi connectivity index (χ1) is 12.9. The average molecular weight is 378 g/mol. The maximum Gasteiger partial charge on any atom is 0.131 e. The lowest BCUT2D eigenvalue weighted by molar-refractivity contribution is 0.0532. The number of aliphatic hydroxyl groups excluding tert-OH is 4. The van der Waals surface area contributed by atoms with Crippen LogP contribution in [0.4, 0.5) is 0 Å². The molecule has 2 unspecified atom stereocenters. The molecule has 0 aliphatic heterocycles. The predicted molar refractivity (Wildman–Crippen MR) is 99.6 cm³/mol. The Labute approximate surface area is 158 Å². The smallest absolute Gasteiger partial charge is 0.131 e. The molecule has 2 aromatic carbocycles. The van der Waals surface area contributed by atoms with Crippen molar-refractivity contribution in [1.29, 1.82) is 0 Å². The van der Waals surface area contributed by atoms with Gasteiger partial charge in [-0.1, -0.05) is 12.1 Å². The van der Waals surface area contributed by atoms with Crippen molar-refractivity contribution >= 4 is 0 Å². The van der Waals surface area contributed by atoms with Gasteiger partial charge in [0.2, 0.25) is 0 Å². The van der Waals surface area contributed by atoms with Gasteiger partial charge in [0.25, 0.3) is 0 Å². The Kier molecular flexibility index (Phi) is 7.87. The summed E-state index contributed by atoms with van der Waals surface area (Å²) in [6.07, 6.45) is -1.89. The summed E-state index contributed by atoms with van der Waals surface area (Å²) in [6.45, 7) is 2.97. The normalized spacial score (nSPS) is 13.1. The summed E-state index contributed by atoms with van der Waals surface area (Å²) in [5, 5.41) is 36.6. The van der Waals surface area contributed by atoms with E-state index in [1.54, 1.807) is 24.3 Å². The predicted octanol–water partition coefficient (Wildman–Crippen LogP) is 1.56. The van der Waals surface area contributed by atoms with Gasteiger partial charge >= 0.3 is 0 Å². The number of hydrogen-bond acceptors (Lipinski definition) is 7. The van der Waals surface area contributed by atoms with Crippen LogP contribution in [-0.2, 0) is 0 Å². The summed E-state index contributed by atoms with van der Waals surface area (Å²) >= 11 is 0. The number of hydrogen-bond donors (Lipinski definition) is 4. The zero-order chi connectivity index (χ0) is 19.8. The second-order valence-corrected chi connectivity index (χ2v) is 6.25. The van der Waals surface area contributed by atoms with E-state index >= 15 is 0 Å². The summed E-state index contributed by atoms with van der Waals surface area (Å²) in [5.74, 6) is 2.18. The molecular formula is C20H26O7. The standard InChI is InChI=1S/C20H26O7/c1-13-3-5-17(7-19(13)25-11-15(23)9-21)27-18-6-4-14(2)20(8-18)26-12-16(24)10-22/h3-8,15-16,21-24H,9-12H2,1-2H3. The van der Waals surface area contributed by atoms with Crippen molar-refractivity contribution in [1.82, 2.24) is 0 Å². The molecule has 7 nitrogen and oxygen atoms in total. The van der Waals surface area contributed by atoms with Crippen LogP contribution < -0.4 is 14.2 Å². The molecule has 148 valence electrons. The van der Waals surface area contributed by atoms with Gasteiger partial charge in [-0.2, -0.15) is 0 Å². The Morgan fingerprint density at radius 1 is 0.741 bits per heavy atom. The van der Waals surface area contributed by atoms with Crippen molar-refractivity contribution in [2.75, 3.05) is 26.4 Å². The molecule has 2 atom stereocenters. The van der Waals surface area contributed by atoms with E-state index in [-0.39, 0.29) is 26.4 Å². The molecule has 0 saturated carbocycles. The molecule has 7 heteroatoms. The minimum Gasteiger partial charge on any atom is -0.490 e. The Morgan fingerprint density at radius 2 is 1.15 bits per heavy atom. The van der Waals surface area contributed by atoms with Gasteiger partial charge in [0, 0.05) is 12.1 Å². The summed E-state index contributed by atoms with van der Waals surface area (Å²) in [6, 6.07) is 10.7. The number of aryl methyl sites for hydroxylation is 2.